The van der Waals surface area contributed by atoms with Gasteiger partial charge in [0.05, 0.1) is 17.6 Å². The Labute approximate surface area is 173 Å². The zero-order valence-corrected chi connectivity index (χ0v) is 16.5. The highest BCUT2D eigenvalue weighted by Gasteiger charge is 2.17. The Hall–Kier alpha value is -3.72. The van der Waals surface area contributed by atoms with Gasteiger partial charge >= 0.3 is 5.97 Å². The van der Waals surface area contributed by atoms with E-state index >= 15 is 0 Å². The minimum absolute atomic E-state index is 0.200. The van der Waals surface area contributed by atoms with Crippen molar-refractivity contribution < 1.29 is 19.5 Å². The number of aromatic nitrogens is 2. The Morgan fingerprint density at radius 3 is 2.57 bits per heavy atom. The van der Waals surface area contributed by atoms with Crippen molar-refractivity contribution in [1.29, 1.82) is 0 Å². The number of carbonyl (C=O) groups is 3. The number of nitrogens with zero attached hydrogens (tertiary/aromatic N) is 2. The van der Waals surface area contributed by atoms with Crippen LogP contribution in [0.3, 0.4) is 0 Å². The summed E-state index contributed by atoms with van der Waals surface area (Å²) >= 11 is 0. The molecule has 3 aromatic rings. The Balaban J connectivity index is 1.53. The number of fused-ring (bicyclic) bond motifs is 1. The van der Waals surface area contributed by atoms with Gasteiger partial charge in [-0.15, -0.1) is 0 Å². The molecule has 0 aliphatic rings. The number of carboxylic acid groups (broad SMARTS) is 1. The van der Waals surface area contributed by atoms with Crippen LogP contribution in [0.25, 0.3) is 11.0 Å². The molecular weight excluding hydrogens is 386 g/mol. The number of aliphatic carboxylic acids is 1. The van der Waals surface area contributed by atoms with E-state index in [0.29, 0.717) is 25.1 Å². The molecule has 30 heavy (non-hydrogen) atoms. The quantitative estimate of drug-likeness (QED) is 0.372. The Bertz CT molecular complexity index is 998. The Morgan fingerprint density at radius 2 is 1.90 bits per heavy atom. The van der Waals surface area contributed by atoms with Gasteiger partial charge in [-0.05, 0) is 36.9 Å². The van der Waals surface area contributed by atoms with E-state index in [0.717, 1.165) is 22.4 Å². The number of benzene rings is 2. The number of para-hydroxylation sites is 2. The van der Waals surface area contributed by atoms with Crippen molar-refractivity contribution in [3.8, 4) is 0 Å². The lowest BCUT2D eigenvalue weighted by molar-refractivity contribution is -0.140. The molecule has 0 radical (unpaired) electrons. The summed E-state index contributed by atoms with van der Waals surface area (Å²) in [6.07, 6.45) is 0.293. The fourth-order valence-corrected chi connectivity index (χ4v) is 3.06. The molecule has 9 nitrogen and oxygen atoms in total. The van der Waals surface area contributed by atoms with Crippen LogP contribution in [0.1, 0.15) is 21.7 Å². The van der Waals surface area contributed by atoms with E-state index in [-0.39, 0.29) is 6.54 Å². The molecule has 0 saturated carbocycles. The number of hydrogen-bond acceptors (Lipinski definition) is 5. The molecule has 9 heteroatoms. The molecule has 0 aliphatic heterocycles. The molecule has 3 rings (SSSR count). The average Bonchev–Trinajstić information content (AvgIpc) is 3.13. The molecule has 0 bridgehead atoms. The first-order valence-corrected chi connectivity index (χ1v) is 9.38. The first-order chi connectivity index (χ1) is 14.5. The van der Waals surface area contributed by atoms with Crippen LogP contribution in [-0.2, 0) is 22.7 Å². The summed E-state index contributed by atoms with van der Waals surface area (Å²) in [5.74, 6) is -0.743. The summed E-state index contributed by atoms with van der Waals surface area (Å²) in [6, 6.07) is 13.8. The van der Waals surface area contributed by atoms with Crippen LogP contribution in [0, 0.1) is 0 Å². The summed E-state index contributed by atoms with van der Waals surface area (Å²) in [7, 11) is 1.99. The van der Waals surface area contributed by atoms with E-state index in [1.165, 1.54) is 0 Å². The number of H-pyrrole nitrogens is 1. The number of aromatic amines is 1. The standard InChI is InChI=1S/C21H23N5O4/c1-26(12-19-24-16-4-2-3-5-17(16)25-19)11-14-6-8-15(9-7-14)20(28)22-10-18(21(29)30)23-13-27/h2-9,13,18H,10-12H2,1H3,(H,22,28)(H,23,27)(H,24,25)(H,29,30). The molecule has 1 unspecified atom stereocenters. The van der Waals surface area contributed by atoms with Crippen molar-refractivity contribution in [3.63, 3.8) is 0 Å². The van der Waals surface area contributed by atoms with Crippen LogP contribution in [0.4, 0.5) is 0 Å². The minimum Gasteiger partial charge on any atom is -0.480 e. The smallest absolute Gasteiger partial charge is 0.328 e. The normalized spacial score (nSPS) is 11.9. The summed E-state index contributed by atoms with van der Waals surface area (Å²) in [5.41, 5.74) is 3.37. The average molecular weight is 409 g/mol. The van der Waals surface area contributed by atoms with E-state index in [1.54, 1.807) is 12.1 Å². The zero-order chi connectivity index (χ0) is 21.5. The molecule has 4 N–H and O–H groups in total. The second kappa shape index (κ2) is 9.66. The molecule has 0 fully saturated rings. The third kappa shape index (κ3) is 5.42. The minimum atomic E-state index is -1.22. The molecule has 0 spiro atoms. The van der Waals surface area contributed by atoms with Gasteiger partial charge in [0.1, 0.15) is 11.9 Å². The lowest BCUT2D eigenvalue weighted by atomic mass is 10.1. The molecule has 0 aliphatic carbocycles. The molecular formula is C21H23N5O4. The van der Waals surface area contributed by atoms with Crippen LogP contribution < -0.4 is 10.6 Å². The SMILES string of the molecule is CN(Cc1ccc(C(=O)NCC(NC=O)C(=O)O)cc1)Cc1nc2ccccc2[nH]1. The van der Waals surface area contributed by atoms with Crippen molar-refractivity contribution in [1.82, 2.24) is 25.5 Å². The first kappa shape index (κ1) is 21.0. The van der Waals surface area contributed by atoms with Gasteiger partial charge in [0, 0.05) is 18.7 Å². The number of amides is 2. The number of hydrogen-bond donors (Lipinski definition) is 4. The number of carbonyl (C=O) groups excluding carboxylic acids is 2. The molecule has 1 atom stereocenters. The second-order valence-electron chi connectivity index (χ2n) is 6.96. The van der Waals surface area contributed by atoms with Crippen molar-refractivity contribution in [2.24, 2.45) is 0 Å². The maximum Gasteiger partial charge on any atom is 0.328 e. The largest absolute Gasteiger partial charge is 0.480 e. The van der Waals surface area contributed by atoms with Gasteiger partial charge in [-0.2, -0.15) is 0 Å². The Morgan fingerprint density at radius 1 is 1.17 bits per heavy atom. The van der Waals surface area contributed by atoms with Crippen LogP contribution in [0.5, 0.6) is 0 Å². The fourth-order valence-electron chi connectivity index (χ4n) is 3.06. The second-order valence-corrected chi connectivity index (χ2v) is 6.96. The monoisotopic (exact) mass is 409 g/mol. The van der Waals surface area contributed by atoms with Gasteiger partial charge in [-0.25, -0.2) is 9.78 Å². The number of imidazole rings is 1. The van der Waals surface area contributed by atoms with Gasteiger partial charge in [0.15, 0.2) is 0 Å². The maximum atomic E-state index is 12.2. The number of rotatable bonds is 10. The van der Waals surface area contributed by atoms with E-state index in [9.17, 15) is 14.4 Å². The van der Waals surface area contributed by atoms with E-state index in [4.69, 9.17) is 5.11 Å². The number of nitrogens with one attached hydrogen (secondary N) is 3. The predicted molar refractivity (Wildman–Crippen MR) is 111 cm³/mol. The van der Waals surface area contributed by atoms with Crippen molar-refractivity contribution in [2.75, 3.05) is 13.6 Å². The van der Waals surface area contributed by atoms with E-state index in [2.05, 4.69) is 25.5 Å². The molecule has 2 amide bonds. The third-order valence-electron chi connectivity index (χ3n) is 4.56. The summed E-state index contributed by atoms with van der Waals surface area (Å²) in [5, 5.41) is 13.6. The van der Waals surface area contributed by atoms with Crippen molar-refractivity contribution >= 4 is 29.3 Å². The highest BCUT2D eigenvalue weighted by Crippen LogP contribution is 2.13. The highest BCUT2D eigenvalue weighted by molar-refractivity contribution is 5.94. The van der Waals surface area contributed by atoms with E-state index < -0.39 is 17.9 Å². The fraction of sp³-hybridized carbons (Fsp3) is 0.238. The molecule has 2 aromatic carbocycles. The molecule has 0 saturated heterocycles. The van der Waals surface area contributed by atoms with Crippen LogP contribution in [0.2, 0.25) is 0 Å². The van der Waals surface area contributed by atoms with Crippen LogP contribution >= 0.6 is 0 Å². The first-order valence-electron chi connectivity index (χ1n) is 9.38. The molecule has 1 aromatic heterocycles. The predicted octanol–water partition coefficient (Wildman–Crippen LogP) is 1.12. The maximum absolute atomic E-state index is 12.2. The van der Waals surface area contributed by atoms with Gasteiger partial charge in [0.2, 0.25) is 6.41 Å². The lowest BCUT2D eigenvalue weighted by Crippen LogP contribution is -2.45. The Kier molecular flexibility index (Phi) is 6.76. The van der Waals surface area contributed by atoms with Crippen LogP contribution in [0.15, 0.2) is 48.5 Å². The highest BCUT2D eigenvalue weighted by atomic mass is 16.4. The van der Waals surface area contributed by atoms with Crippen LogP contribution in [-0.4, -0.2) is 57.9 Å². The summed E-state index contributed by atoms with van der Waals surface area (Å²) < 4.78 is 0. The van der Waals surface area contributed by atoms with Gasteiger partial charge in [-0.1, -0.05) is 24.3 Å². The summed E-state index contributed by atoms with van der Waals surface area (Å²) in [6.45, 7) is 1.12. The van der Waals surface area contributed by atoms with E-state index in [1.807, 2.05) is 43.4 Å². The molecule has 1 heterocycles. The van der Waals surface area contributed by atoms with Gasteiger partial charge < -0.3 is 20.7 Å². The third-order valence-corrected chi connectivity index (χ3v) is 4.56. The zero-order valence-electron chi connectivity index (χ0n) is 16.5. The lowest BCUT2D eigenvalue weighted by Gasteiger charge is -2.15. The summed E-state index contributed by atoms with van der Waals surface area (Å²) in [4.78, 5) is 43.6. The number of carboxylic acids is 1. The van der Waals surface area contributed by atoms with Gasteiger partial charge in [-0.3, -0.25) is 14.5 Å². The van der Waals surface area contributed by atoms with Crippen molar-refractivity contribution in [3.05, 3.63) is 65.5 Å². The topological polar surface area (TPSA) is 127 Å². The molecule has 156 valence electrons. The van der Waals surface area contributed by atoms with Crippen molar-refractivity contribution in [2.45, 2.75) is 19.1 Å². The van der Waals surface area contributed by atoms with Gasteiger partial charge in [0.25, 0.3) is 5.91 Å².